The van der Waals surface area contributed by atoms with Crippen molar-refractivity contribution in [2.75, 3.05) is 13.1 Å². The van der Waals surface area contributed by atoms with E-state index in [0.29, 0.717) is 24.8 Å². The fourth-order valence-electron chi connectivity index (χ4n) is 2.29. The molecular formula is C14H17N3O2. The molecule has 1 atom stereocenters. The molecule has 1 aliphatic heterocycles. The number of aryl methyl sites for hydroxylation is 1. The summed E-state index contributed by atoms with van der Waals surface area (Å²) in [5.74, 6) is 1.22. The number of likely N-dealkylation sites (tertiary alicyclic amines) is 1. The van der Waals surface area contributed by atoms with Crippen molar-refractivity contribution in [3.05, 3.63) is 35.7 Å². The first kappa shape index (κ1) is 12.3. The first-order valence-electron chi connectivity index (χ1n) is 6.51. The second kappa shape index (κ2) is 5.11. The Morgan fingerprint density at radius 3 is 2.84 bits per heavy atom. The van der Waals surface area contributed by atoms with Gasteiger partial charge in [0, 0.05) is 18.7 Å². The molecule has 0 saturated carbocycles. The summed E-state index contributed by atoms with van der Waals surface area (Å²) in [7, 11) is 0. The van der Waals surface area contributed by atoms with Gasteiger partial charge in [-0.2, -0.15) is 4.98 Å². The number of nitrogens with zero attached hydrogens (tertiary/aromatic N) is 3. The van der Waals surface area contributed by atoms with Crippen molar-refractivity contribution < 1.29 is 9.63 Å². The summed E-state index contributed by atoms with van der Waals surface area (Å²) in [4.78, 5) is 6.53. The Balaban J connectivity index is 1.71. The second-order valence-electron chi connectivity index (χ2n) is 5.06. The van der Waals surface area contributed by atoms with Crippen LogP contribution in [-0.4, -0.2) is 39.3 Å². The van der Waals surface area contributed by atoms with Gasteiger partial charge in [-0.3, -0.25) is 4.90 Å². The molecule has 1 aromatic heterocycles. The van der Waals surface area contributed by atoms with E-state index in [1.54, 1.807) is 0 Å². The predicted octanol–water partition coefficient (Wildman–Crippen LogP) is 1.61. The van der Waals surface area contributed by atoms with Crippen molar-refractivity contribution in [3.63, 3.8) is 0 Å². The minimum absolute atomic E-state index is 0.219. The quantitative estimate of drug-likeness (QED) is 0.907. The van der Waals surface area contributed by atoms with E-state index in [-0.39, 0.29) is 6.10 Å². The summed E-state index contributed by atoms with van der Waals surface area (Å²) in [6.07, 6.45) is 0.603. The van der Waals surface area contributed by atoms with Gasteiger partial charge in [0.15, 0.2) is 5.82 Å². The van der Waals surface area contributed by atoms with Crippen LogP contribution in [0.5, 0.6) is 0 Å². The smallest absolute Gasteiger partial charge is 0.257 e. The van der Waals surface area contributed by atoms with Gasteiger partial charge in [-0.25, -0.2) is 0 Å². The molecule has 19 heavy (non-hydrogen) atoms. The highest BCUT2D eigenvalue weighted by Crippen LogP contribution is 2.19. The van der Waals surface area contributed by atoms with Crippen LogP contribution in [0.15, 0.2) is 28.8 Å². The molecular weight excluding hydrogens is 242 g/mol. The van der Waals surface area contributed by atoms with Gasteiger partial charge in [0.2, 0.25) is 0 Å². The number of hydrogen-bond acceptors (Lipinski definition) is 5. The highest BCUT2D eigenvalue weighted by molar-refractivity contribution is 5.53. The van der Waals surface area contributed by atoms with Crippen LogP contribution in [0.3, 0.4) is 0 Å². The number of rotatable bonds is 3. The SMILES string of the molecule is Cc1ccc(-c2nc(CN3CCC(O)C3)no2)cc1. The molecule has 0 aliphatic carbocycles. The highest BCUT2D eigenvalue weighted by atomic mass is 16.5. The Morgan fingerprint density at radius 1 is 1.37 bits per heavy atom. The fourth-order valence-corrected chi connectivity index (χ4v) is 2.29. The molecule has 0 bridgehead atoms. The van der Waals surface area contributed by atoms with Crippen LogP contribution >= 0.6 is 0 Å². The predicted molar refractivity (Wildman–Crippen MR) is 70.4 cm³/mol. The summed E-state index contributed by atoms with van der Waals surface area (Å²) in [5.41, 5.74) is 2.14. The van der Waals surface area contributed by atoms with Crippen LogP contribution in [-0.2, 0) is 6.54 Å². The molecule has 1 aromatic carbocycles. The molecule has 1 saturated heterocycles. The third-order valence-electron chi connectivity index (χ3n) is 3.38. The maximum atomic E-state index is 9.48. The van der Waals surface area contributed by atoms with E-state index in [0.717, 1.165) is 18.5 Å². The van der Waals surface area contributed by atoms with Crippen LogP contribution in [0.1, 0.15) is 17.8 Å². The first-order valence-corrected chi connectivity index (χ1v) is 6.51. The largest absolute Gasteiger partial charge is 0.392 e. The maximum Gasteiger partial charge on any atom is 0.257 e. The van der Waals surface area contributed by atoms with Crippen LogP contribution in [0, 0.1) is 6.92 Å². The molecule has 0 spiro atoms. The third kappa shape index (κ3) is 2.83. The van der Waals surface area contributed by atoms with Crippen molar-refractivity contribution >= 4 is 0 Å². The Labute approximate surface area is 111 Å². The Hall–Kier alpha value is -1.72. The molecule has 5 nitrogen and oxygen atoms in total. The van der Waals surface area contributed by atoms with Gasteiger partial charge in [-0.15, -0.1) is 0 Å². The number of aliphatic hydroxyl groups excluding tert-OH is 1. The zero-order valence-electron chi connectivity index (χ0n) is 10.9. The van der Waals surface area contributed by atoms with Gasteiger partial charge < -0.3 is 9.63 Å². The fraction of sp³-hybridized carbons (Fsp3) is 0.429. The van der Waals surface area contributed by atoms with E-state index >= 15 is 0 Å². The molecule has 1 N–H and O–H groups in total. The number of benzene rings is 1. The lowest BCUT2D eigenvalue weighted by Gasteiger charge is -2.10. The van der Waals surface area contributed by atoms with Gasteiger partial charge in [-0.1, -0.05) is 22.9 Å². The number of hydrogen-bond donors (Lipinski definition) is 1. The Kier molecular flexibility index (Phi) is 3.31. The summed E-state index contributed by atoms with van der Waals surface area (Å²) < 4.78 is 5.28. The molecule has 1 aliphatic rings. The number of β-amino-alcohol motifs (C(OH)–C–C–N with tert-alkyl or cyclic N) is 1. The topological polar surface area (TPSA) is 62.4 Å². The number of aromatic nitrogens is 2. The molecule has 0 amide bonds. The van der Waals surface area contributed by atoms with Crippen molar-refractivity contribution in [1.82, 2.24) is 15.0 Å². The zero-order valence-corrected chi connectivity index (χ0v) is 10.9. The second-order valence-corrected chi connectivity index (χ2v) is 5.06. The Morgan fingerprint density at radius 2 is 2.16 bits per heavy atom. The molecule has 1 fully saturated rings. The average Bonchev–Trinajstić information content (AvgIpc) is 3.00. The van der Waals surface area contributed by atoms with Crippen molar-refractivity contribution in [2.24, 2.45) is 0 Å². The van der Waals surface area contributed by atoms with E-state index < -0.39 is 0 Å². The lowest BCUT2D eigenvalue weighted by molar-refractivity contribution is 0.173. The molecule has 100 valence electrons. The maximum absolute atomic E-state index is 9.48. The molecule has 2 heterocycles. The average molecular weight is 259 g/mol. The third-order valence-corrected chi connectivity index (χ3v) is 3.38. The van der Waals surface area contributed by atoms with E-state index in [9.17, 15) is 5.11 Å². The first-order chi connectivity index (χ1) is 9.20. The van der Waals surface area contributed by atoms with Gasteiger partial charge in [-0.05, 0) is 25.5 Å². The minimum atomic E-state index is -0.219. The summed E-state index contributed by atoms with van der Waals surface area (Å²) in [5, 5.41) is 13.5. The van der Waals surface area contributed by atoms with Crippen molar-refractivity contribution in [3.8, 4) is 11.5 Å². The molecule has 5 heteroatoms. The highest BCUT2D eigenvalue weighted by Gasteiger charge is 2.21. The van der Waals surface area contributed by atoms with Crippen LogP contribution in [0.4, 0.5) is 0 Å². The minimum Gasteiger partial charge on any atom is -0.392 e. The van der Waals surface area contributed by atoms with E-state index in [2.05, 4.69) is 15.0 Å². The molecule has 0 radical (unpaired) electrons. The van der Waals surface area contributed by atoms with E-state index in [1.807, 2.05) is 31.2 Å². The van der Waals surface area contributed by atoms with Crippen LogP contribution < -0.4 is 0 Å². The van der Waals surface area contributed by atoms with Gasteiger partial charge in [0.25, 0.3) is 5.89 Å². The summed E-state index contributed by atoms with van der Waals surface area (Å²) >= 11 is 0. The van der Waals surface area contributed by atoms with Crippen LogP contribution in [0.2, 0.25) is 0 Å². The lowest BCUT2D eigenvalue weighted by Crippen LogP contribution is -2.22. The standard InChI is InChI=1S/C14H17N3O2/c1-10-2-4-11(5-3-10)14-15-13(16-19-14)9-17-7-6-12(18)8-17/h2-5,12,18H,6-9H2,1H3. The van der Waals surface area contributed by atoms with Crippen molar-refractivity contribution in [1.29, 1.82) is 0 Å². The summed E-state index contributed by atoms with van der Waals surface area (Å²) in [6, 6.07) is 8.00. The summed E-state index contributed by atoms with van der Waals surface area (Å²) in [6.45, 7) is 4.25. The van der Waals surface area contributed by atoms with Gasteiger partial charge >= 0.3 is 0 Å². The Bertz CT molecular complexity index is 550. The van der Waals surface area contributed by atoms with E-state index in [1.165, 1.54) is 5.56 Å². The van der Waals surface area contributed by atoms with Gasteiger partial charge in [0.1, 0.15) is 0 Å². The molecule has 3 rings (SSSR count). The normalized spacial score (nSPS) is 20.0. The molecule has 1 unspecified atom stereocenters. The van der Waals surface area contributed by atoms with E-state index in [4.69, 9.17) is 4.52 Å². The zero-order chi connectivity index (χ0) is 13.2. The van der Waals surface area contributed by atoms with Crippen molar-refractivity contribution in [2.45, 2.75) is 26.0 Å². The monoisotopic (exact) mass is 259 g/mol. The number of aliphatic hydroxyl groups is 1. The lowest BCUT2D eigenvalue weighted by atomic mass is 10.1. The van der Waals surface area contributed by atoms with Gasteiger partial charge in [0.05, 0.1) is 12.6 Å². The molecule has 2 aromatic rings. The van der Waals surface area contributed by atoms with Crippen LogP contribution in [0.25, 0.3) is 11.5 Å².